The van der Waals surface area contributed by atoms with Crippen LogP contribution < -0.4 is 10.5 Å². The Labute approximate surface area is 123 Å². The van der Waals surface area contributed by atoms with Crippen LogP contribution in [0, 0.1) is 12.8 Å². The smallest absolute Gasteiger partial charge is 0.261 e. The third kappa shape index (κ3) is 3.80. The quantitative estimate of drug-likeness (QED) is 0.890. The molecule has 0 spiro atoms. The zero-order chi connectivity index (χ0) is 14.8. The molecule has 0 unspecified atom stereocenters. The molecule has 0 saturated heterocycles. The molecule has 1 amide bonds. The predicted molar refractivity (Wildman–Crippen MR) is 79.3 cm³/mol. The standard InChI is InChI=1S/C13H20N2O3S2/c1-9-12(20(14,17)18)7-11(19-9)13(16)15-8-10-5-3-2-4-6-10/h7,10H,2-6,8H2,1H3,(H,15,16)(H2,14,17,18). The Morgan fingerprint density at radius 3 is 2.60 bits per heavy atom. The number of nitrogens with two attached hydrogens (primary N) is 1. The second kappa shape index (κ2) is 6.24. The van der Waals surface area contributed by atoms with E-state index >= 15 is 0 Å². The van der Waals surface area contributed by atoms with Gasteiger partial charge in [-0.2, -0.15) is 0 Å². The molecule has 1 aromatic rings. The van der Waals surface area contributed by atoms with Crippen LogP contribution in [0.5, 0.6) is 0 Å². The molecule has 0 aliphatic heterocycles. The van der Waals surface area contributed by atoms with E-state index in [1.54, 1.807) is 6.92 Å². The minimum atomic E-state index is -3.75. The van der Waals surface area contributed by atoms with Crippen LogP contribution in [0.3, 0.4) is 0 Å². The van der Waals surface area contributed by atoms with E-state index in [0.717, 1.165) is 24.2 Å². The normalized spacial score (nSPS) is 17.1. The topological polar surface area (TPSA) is 89.3 Å². The van der Waals surface area contributed by atoms with Gasteiger partial charge in [0.1, 0.15) is 0 Å². The van der Waals surface area contributed by atoms with Gasteiger partial charge in [-0.1, -0.05) is 19.3 Å². The SMILES string of the molecule is Cc1sc(C(=O)NCC2CCCCC2)cc1S(N)(=O)=O. The van der Waals surface area contributed by atoms with E-state index < -0.39 is 10.0 Å². The number of rotatable bonds is 4. The maximum atomic E-state index is 12.0. The Morgan fingerprint density at radius 2 is 2.05 bits per heavy atom. The Morgan fingerprint density at radius 1 is 1.40 bits per heavy atom. The van der Waals surface area contributed by atoms with Crippen molar-refractivity contribution in [3.05, 3.63) is 15.8 Å². The van der Waals surface area contributed by atoms with Crippen LogP contribution >= 0.6 is 11.3 Å². The molecule has 0 aromatic carbocycles. The Balaban J connectivity index is 1.99. The number of hydrogen-bond acceptors (Lipinski definition) is 4. The molecular formula is C13H20N2O3S2. The third-order valence-corrected chi connectivity index (χ3v) is 5.89. The van der Waals surface area contributed by atoms with Crippen molar-refractivity contribution >= 4 is 27.3 Å². The lowest BCUT2D eigenvalue weighted by Gasteiger charge is -2.21. The number of nitrogens with one attached hydrogen (secondary N) is 1. The summed E-state index contributed by atoms with van der Waals surface area (Å²) in [5.74, 6) is 0.338. The van der Waals surface area contributed by atoms with Gasteiger partial charge < -0.3 is 5.32 Å². The highest BCUT2D eigenvalue weighted by atomic mass is 32.2. The van der Waals surface area contributed by atoms with Gasteiger partial charge in [-0.15, -0.1) is 11.3 Å². The maximum Gasteiger partial charge on any atom is 0.261 e. The van der Waals surface area contributed by atoms with Crippen LogP contribution in [0.4, 0.5) is 0 Å². The number of thiophene rings is 1. The number of amides is 1. The molecule has 5 nitrogen and oxygen atoms in total. The molecule has 0 radical (unpaired) electrons. The van der Waals surface area contributed by atoms with Crippen molar-refractivity contribution < 1.29 is 13.2 Å². The first-order chi connectivity index (χ1) is 9.38. The minimum Gasteiger partial charge on any atom is -0.351 e. The second-order valence-corrected chi connectivity index (χ2v) is 8.08. The monoisotopic (exact) mass is 316 g/mol. The average molecular weight is 316 g/mol. The largest absolute Gasteiger partial charge is 0.351 e. The van der Waals surface area contributed by atoms with Gasteiger partial charge in [-0.25, -0.2) is 13.6 Å². The molecule has 1 aliphatic rings. The fourth-order valence-corrected chi connectivity index (χ4v) is 4.64. The Kier molecular flexibility index (Phi) is 4.82. The van der Waals surface area contributed by atoms with E-state index in [0.29, 0.717) is 22.2 Å². The van der Waals surface area contributed by atoms with Crippen molar-refractivity contribution in [2.45, 2.75) is 43.9 Å². The zero-order valence-electron chi connectivity index (χ0n) is 11.5. The van der Waals surface area contributed by atoms with Crippen LogP contribution in [0.1, 0.15) is 46.7 Å². The predicted octanol–water partition coefficient (Wildman–Crippen LogP) is 2.01. The summed E-state index contributed by atoms with van der Waals surface area (Å²) >= 11 is 1.16. The molecule has 1 heterocycles. The highest BCUT2D eigenvalue weighted by molar-refractivity contribution is 7.89. The summed E-state index contributed by atoms with van der Waals surface area (Å²) in [4.78, 5) is 13.0. The molecule has 0 atom stereocenters. The van der Waals surface area contributed by atoms with E-state index in [1.807, 2.05) is 0 Å². The summed E-state index contributed by atoms with van der Waals surface area (Å²) in [6.07, 6.45) is 6.06. The fourth-order valence-electron chi connectivity index (χ4n) is 2.58. The summed E-state index contributed by atoms with van der Waals surface area (Å²) in [7, 11) is -3.75. The molecular weight excluding hydrogens is 296 g/mol. The summed E-state index contributed by atoms with van der Waals surface area (Å²) in [5, 5.41) is 8.01. The lowest BCUT2D eigenvalue weighted by atomic mass is 9.89. The van der Waals surface area contributed by atoms with Crippen molar-refractivity contribution in [2.75, 3.05) is 6.54 Å². The zero-order valence-corrected chi connectivity index (χ0v) is 13.1. The number of hydrogen-bond donors (Lipinski definition) is 2. The van der Waals surface area contributed by atoms with Crippen molar-refractivity contribution in [3.8, 4) is 0 Å². The van der Waals surface area contributed by atoms with Gasteiger partial charge >= 0.3 is 0 Å². The van der Waals surface area contributed by atoms with Gasteiger partial charge in [0.05, 0.1) is 9.77 Å². The maximum absolute atomic E-state index is 12.0. The third-order valence-electron chi connectivity index (χ3n) is 3.68. The first kappa shape index (κ1) is 15.5. The van der Waals surface area contributed by atoms with Gasteiger partial charge in [0, 0.05) is 11.4 Å². The Bertz CT molecular complexity index is 587. The summed E-state index contributed by atoms with van der Waals surface area (Å²) < 4.78 is 22.7. The fraction of sp³-hybridized carbons (Fsp3) is 0.615. The minimum absolute atomic E-state index is 0.0466. The van der Waals surface area contributed by atoms with Crippen molar-refractivity contribution in [2.24, 2.45) is 11.1 Å². The molecule has 1 fully saturated rings. The molecule has 1 aliphatic carbocycles. The van der Waals surface area contributed by atoms with Gasteiger partial charge in [0.15, 0.2) is 0 Å². The summed E-state index contributed by atoms with van der Waals surface area (Å²) in [6, 6.07) is 1.37. The number of carbonyl (C=O) groups is 1. The average Bonchev–Trinajstić information content (AvgIpc) is 2.79. The first-order valence-electron chi connectivity index (χ1n) is 6.79. The highest BCUT2D eigenvalue weighted by Crippen LogP contribution is 2.25. The molecule has 0 bridgehead atoms. The van der Waals surface area contributed by atoms with Crippen molar-refractivity contribution in [1.29, 1.82) is 0 Å². The van der Waals surface area contributed by atoms with Crippen LogP contribution in [0.15, 0.2) is 11.0 Å². The number of aryl methyl sites for hydroxylation is 1. The van der Waals surface area contributed by atoms with Gasteiger partial charge in [0.25, 0.3) is 5.91 Å². The number of primary sulfonamides is 1. The Hall–Kier alpha value is -0.920. The van der Waals surface area contributed by atoms with E-state index in [9.17, 15) is 13.2 Å². The lowest BCUT2D eigenvalue weighted by molar-refractivity contribution is 0.0947. The first-order valence-corrected chi connectivity index (χ1v) is 9.15. The molecule has 20 heavy (non-hydrogen) atoms. The second-order valence-electron chi connectivity index (χ2n) is 5.29. The molecule has 2 rings (SSSR count). The van der Waals surface area contributed by atoms with Gasteiger partial charge in [0.2, 0.25) is 10.0 Å². The van der Waals surface area contributed by atoms with Gasteiger partial charge in [-0.05, 0) is 31.7 Å². The lowest BCUT2D eigenvalue weighted by Crippen LogP contribution is -2.29. The van der Waals surface area contributed by atoms with Gasteiger partial charge in [-0.3, -0.25) is 4.79 Å². The van der Waals surface area contributed by atoms with E-state index in [2.05, 4.69) is 5.32 Å². The van der Waals surface area contributed by atoms with Crippen LogP contribution in [-0.4, -0.2) is 20.9 Å². The summed E-state index contributed by atoms with van der Waals surface area (Å²) in [6.45, 7) is 2.32. The molecule has 7 heteroatoms. The van der Waals surface area contributed by atoms with Crippen molar-refractivity contribution in [3.63, 3.8) is 0 Å². The number of sulfonamides is 1. The van der Waals surface area contributed by atoms with Crippen LogP contribution in [0.2, 0.25) is 0 Å². The molecule has 1 saturated carbocycles. The highest BCUT2D eigenvalue weighted by Gasteiger charge is 2.20. The van der Waals surface area contributed by atoms with Crippen molar-refractivity contribution in [1.82, 2.24) is 5.32 Å². The van der Waals surface area contributed by atoms with E-state index in [-0.39, 0.29) is 10.8 Å². The molecule has 112 valence electrons. The van der Waals surface area contributed by atoms with Crippen LogP contribution in [-0.2, 0) is 10.0 Å². The number of carbonyl (C=O) groups excluding carboxylic acids is 1. The molecule has 1 aromatic heterocycles. The summed E-state index contributed by atoms with van der Waals surface area (Å²) in [5.41, 5.74) is 0. The van der Waals surface area contributed by atoms with E-state index in [4.69, 9.17) is 5.14 Å². The van der Waals surface area contributed by atoms with Crippen LogP contribution in [0.25, 0.3) is 0 Å². The molecule has 3 N–H and O–H groups in total. The van der Waals surface area contributed by atoms with E-state index in [1.165, 1.54) is 25.3 Å².